The first-order chi connectivity index (χ1) is 6.95. The van der Waals surface area contributed by atoms with Gasteiger partial charge in [-0.25, -0.2) is 0 Å². The largest absolute Gasteiger partial charge is 0.478 e. The topological polar surface area (TPSA) is 33.1 Å². The summed E-state index contributed by atoms with van der Waals surface area (Å²) in [5, 5.41) is 7.63. The summed E-state index contributed by atoms with van der Waals surface area (Å²) in [7, 11) is 0. The molecule has 0 spiro atoms. The minimum absolute atomic E-state index is 0. The fourth-order valence-electron chi connectivity index (χ4n) is 1.35. The lowest BCUT2D eigenvalue weighted by Crippen LogP contribution is -2.11. The molecule has 0 fully saturated rings. The van der Waals surface area contributed by atoms with Crippen LogP contribution in [0.2, 0.25) is 0 Å². The highest BCUT2D eigenvalue weighted by Gasteiger charge is 2.13. The number of ether oxygens (including phenoxy) is 1. The molecule has 0 unspecified atom stereocenters. The number of hydrogen-bond donors (Lipinski definition) is 1. The fourth-order valence-corrected chi connectivity index (χ4v) is 1.35. The summed E-state index contributed by atoms with van der Waals surface area (Å²) < 4.78 is 5.14. The number of rotatable bonds is 2. The molecule has 1 aromatic carbocycles. The summed E-state index contributed by atoms with van der Waals surface area (Å²) in [6.07, 6.45) is 0. The van der Waals surface area contributed by atoms with Crippen molar-refractivity contribution < 1.29 is 4.74 Å². The smallest absolute Gasteiger partial charge is 0.213 e. The van der Waals surface area contributed by atoms with Crippen LogP contribution in [0, 0.1) is 5.41 Å². The average molecular weight is 242 g/mol. The second-order valence-electron chi connectivity index (χ2n) is 4.59. The van der Waals surface area contributed by atoms with Gasteiger partial charge < -0.3 is 4.74 Å². The summed E-state index contributed by atoms with van der Waals surface area (Å²) in [5.74, 6) is 0.248. The van der Waals surface area contributed by atoms with Gasteiger partial charge in [0, 0.05) is 5.56 Å². The van der Waals surface area contributed by atoms with Crippen molar-refractivity contribution in [2.45, 2.75) is 33.1 Å². The highest BCUT2D eigenvalue weighted by Crippen LogP contribution is 2.22. The Bertz CT molecular complexity index is 338. The Balaban J connectivity index is 0.00000225. The van der Waals surface area contributed by atoms with E-state index in [0.717, 1.165) is 5.56 Å². The molecule has 2 nitrogen and oxygen atoms in total. The van der Waals surface area contributed by atoms with Crippen molar-refractivity contribution in [2.24, 2.45) is 0 Å². The lowest BCUT2D eigenvalue weighted by molar-refractivity contribution is 0.325. The molecule has 0 aliphatic rings. The molecule has 3 heteroatoms. The SMILES string of the molecule is CCOC(=N)c1ccc(C(C)(C)C)cc1.Cl. The van der Waals surface area contributed by atoms with Gasteiger partial charge in [0.15, 0.2) is 0 Å². The van der Waals surface area contributed by atoms with Crippen molar-refractivity contribution in [3.63, 3.8) is 0 Å². The van der Waals surface area contributed by atoms with Crippen molar-refractivity contribution in [1.82, 2.24) is 0 Å². The maximum absolute atomic E-state index is 7.63. The molecule has 0 saturated carbocycles. The van der Waals surface area contributed by atoms with Crippen LogP contribution in [0.5, 0.6) is 0 Å². The highest BCUT2D eigenvalue weighted by atomic mass is 35.5. The molecular weight excluding hydrogens is 222 g/mol. The molecule has 1 aromatic rings. The van der Waals surface area contributed by atoms with Crippen molar-refractivity contribution in [3.8, 4) is 0 Å². The second-order valence-corrected chi connectivity index (χ2v) is 4.59. The van der Waals surface area contributed by atoms with Crippen LogP contribution in [0.4, 0.5) is 0 Å². The van der Waals surface area contributed by atoms with Crippen LogP contribution in [0.15, 0.2) is 24.3 Å². The number of benzene rings is 1. The van der Waals surface area contributed by atoms with Crippen LogP contribution < -0.4 is 0 Å². The summed E-state index contributed by atoms with van der Waals surface area (Å²) in [6.45, 7) is 8.96. The van der Waals surface area contributed by atoms with Crippen molar-refractivity contribution in [3.05, 3.63) is 35.4 Å². The second kappa shape index (κ2) is 5.90. The van der Waals surface area contributed by atoms with Crippen LogP contribution in [-0.4, -0.2) is 12.5 Å². The Labute approximate surface area is 104 Å². The van der Waals surface area contributed by atoms with E-state index in [0.29, 0.717) is 6.61 Å². The molecule has 90 valence electrons. The predicted molar refractivity (Wildman–Crippen MR) is 70.8 cm³/mol. The summed E-state index contributed by atoms with van der Waals surface area (Å²) >= 11 is 0. The Morgan fingerprint density at radius 2 is 1.69 bits per heavy atom. The monoisotopic (exact) mass is 241 g/mol. The third-order valence-corrected chi connectivity index (χ3v) is 2.30. The molecule has 0 saturated heterocycles. The summed E-state index contributed by atoms with van der Waals surface area (Å²) in [6, 6.07) is 8.00. The van der Waals surface area contributed by atoms with Gasteiger partial charge in [0.1, 0.15) is 0 Å². The number of hydrogen-bond acceptors (Lipinski definition) is 2. The zero-order chi connectivity index (χ0) is 11.5. The van der Waals surface area contributed by atoms with Gasteiger partial charge in [-0.05, 0) is 30.0 Å². The molecule has 16 heavy (non-hydrogen) atoms. The normalized spacial score (nSPS) is 10.5. The van der Waals surface area contributed by atoms with Gasteiger partial charge in [-0.1, -0.05) is 32.9 Å². The molecular formula is C13H20ClNO. The van der Waals surface area contributed by atoms with Crippen LogP contribution >= 0.6 is 12.4 Å². The lowest BCUT2D eigenvalue weighted by Gasteiger charge is -2.19. The molecule has 0 amide bonds. The van der Waals surface area contributed by atoms with E-state index in [1.165, 1.54) is 5.56 Å². The quantitative estimate of drug-likeness (QED) is 0.621. The lowest BCUT2D eigenvalue weighted by atomic mass is 9.87. The molecule has 0 atom stereocenters. The zero-order valence-electron chi connectivity index (χ0n) is 10.3. The number of nitrogens with one attached hydrogen (secondary N) is 1. The first kappa shape index (κ1) is 15.0. The Kier molecular flexibility index (Phi) is 5.52. The average Bonchev–Trinajstić information content (AvgIpc) is 2.17. The predicted octanol–water partition coefficient (Wildman–Crippen LogP) is 3.77. The first-order valence-electron chi connectivity index (χ1n) is 5.27. The minimum atomic E-state index is 0. The van der Waals surface area contributed by atoms with E-state index < -0.39 is 0 Å². The van der Waals surface area contributed by atoms with E-state index in [4.69, 9.17) is 10.1 Å². The van der Waals surface area contributed by atoms with E-state index in [-0.39, 0.29) is 23.7 Å². The van der Waals surface area contributed by atoms with Crippen LogP contribution in [0.3, 0.4) is 0 Å². The molecule has 1 N–H and O–H groups in total. The summed E-state index contributed by atoms with van der Waals surface area (Å²) in [4.78, 5) is 0. The summed E-state index contributed by atoms with van der Waals surface area (Å²) in [5.41, 5.74) is 2.27. The van der Waals surface area contributed by atoms with E-state index in [9.17, 15) is 0 Å². The van der Waals surface area contributed by atoms with Gasteiger partial charge >= 0.3 is 0 Å². The van der Waals surface area contributed by atoms with E-state index in [2.05, 4.69) is 32.9 Å². The maximum Gasteiger partial charge on any atom is 0.213 e. The molecule has 0 aromatic heterocycles. The number of halogens is 1. The molecule has 0 aliphatic heterocycles. The van der Waals surface area contributed by atoms with Gasteiger partial charge in [0.2, 0.25) is 5.90 Å². The molecule has 0 heterocycles. The van der Waals surface area contributed by atoms with Gasteiger partial charge in [-0.3, -0.25) is 5.41 Å². The molecule has 0 aliphatic carbocycles. The van der Waals surface area contributed by atoms with Crippen LogP contribution in [0.1, 0.15) is 38.8 Å². The van der Waals surface area contributed by atoms with E-state index in [1.807, 2.05) is 19.1 Å². The van der Waals surface area contributed by atoms with Gasteiger partial charge in [-0.15, -0.1) is 12.4 Å². The van der Waals surface area contributed by atoms with Crippen molar-refractivity contribution >= 4 is 18.3 Å². The van der Waals surface area contributed by atoms with E-state index >= 15 is 0 Å². The third kappa shape index (κ3) is 3.86. The highest BCUT2D eigenvalue weighted by molar-refractivity contribution is 5.91. The Hall–Kier alpha value is -1.02. The van der Waals surface area contributed by atoms with Crippen molar-refractivity contribution in [2.75, 3.05) is 6.61 Å². The fraction of sp³-hybridized carbons (Fsp3) is 0.462. The minimum Gasteiger partial charge on any atom is -0.478 e. The molecule has 0 radical (unpaired) electrons. The van der Waals surface area contributed by atoms with Gasteiger partial charge in [0.25, 0.3) is 0 Å². The molecule has 0 bridgehead atoms. The Morgan fingerprint density at radius 1 is 1.19 bits per heavy atom. The maximum atomic E-state index is 7.63. The van der Waals surface area contributed by atoms with E-state index in [1.54, 1.807) is 0 Å². The van der Waals surface area contributed by atoms with Crippen molar-refractivity contribution in [1.29, 1.82) is 5.41 Å². The van der Waals surface area contributed by atoms with Crippen LogP contribution in [0.25, 0.3) is 0 Å². The first-order valence-corrected chi connectivity index (χ1v) is 5.27. The third-order valence-electron chi connectivity index (χ3n) is 2.30. The van der Waals surface area contributed by atoms with Crippen LogP contribution in [-0.2, 0) is 10.2 Å². The van der Waals surface area contributed by atoms with Gasteiger partial charge in [0.05, 0.1) is 6.61 Å². The zero-order valence-corrected chi connectivity index (χ0v) is 11.1. The Morgan fingerprint density at radius 3 is 2.06 bits per heavy atom. The molecule has 1 rings (SSSR count). The van der Waals surface area contributed by atoms with Gasteiger partial charge in [-0.2, -0.15) is 0 Å². The standard InChI is InChI=1S/C13H19NO.ClH/c1-5-15-12(14)10-6-8-11(9-7-10)13(2,3)4;/h6-9,14H,5H2,1-4H3;1H.